The topological polar surface area (TPSA) is 65.4 Å². The molecule has 0 spiro atoms. The maximum atomic E-state index is 12.1. The molecule has 1 heterocycles. The molecule has 0 fully saturated rings. The number of hydrogen-bond acceptors (Lipinski definition) is 4. The second-order valence-electron chi connectivity index (χ2n) is 5.98. The highest BCUT2D eigenvalue weighted by atomic mass is 16.5. The molecule has 0 saturated heterocycles. The zero-order valence-corrected chi connectivity index (χ0v) is 15.2. The van der Waals surface area contributed by atoms with Gasteiger partial charge in [-0.05, 0) is 24.0 Å². The van der Waals surface area contributed by atoms with Crippen molar-refractivity contribution in [1.82, 2.24) is 14.9 Å². The zero-order valence-electron chi connectivity index (χ0n) is 15.2. The molecule has 0 aliphatic rings. The van der Waals surface area contributed by atoms with E-state index in [0.29, 0.717) is 25.6 Å². The number of benzene rings is 1. The summed E-state index contributed by atoms with van der Waals surface area (Å²) in [6, 6.07) is 7.88. The van der Waals surface area contributed by atoms with Gasteiger partial charge in [0.25, 0.3) is 5.91 Å². The first kappa shape index (κ1) is 19.0. The predicted octanol–water partition coefficient (Wildman–Crippen LogP) is 2.74. The lowest BCUT2D eigenvalue weighted by atomic mass is 9.98. The van der Waals surface area contributed by atoms with Crippen LogP contribution in [0.3, 0.4) is 0 Å². The molecule has 25 heavy (non-hydrogen) atoms. The zero-order chi connectivity index (χ0) is 18.1. The Hall–Kier alpha value is -2.34. The molecule has 1 aromatic carbocycles. The number of carbonyl (C=O) groups is 1. The number of ether oxygens (including phenoxy) is 2. The first-order chi connectivity index (χ1) is 12.2. The van der Waals surface area contributed by atoms with Gasteiger partial charge in [0.15, 0.2) is 6.61 Å². The van der Waals surface area contributed by atoms with Crippen LogP contribution in [0.5, 0.6) is 5.75 Å². The van der Waals surface area contributed by atoms with Crippen molar-refractivity contribution >= 4 is 5.91 Å². The number of aromatic nitrogens is 2. The molecule has 0 unspecified atom stereocenters. The van der Waals surface area contributed by atoms with E-state index in [2.05, 4.69) is 30.2 Å². The maximum absolute atomic E-state index is 12.1. The minimum Gasteiger partial charge on any atom is -0.483 e. The number of nitrogens with one attached hydrogen (secondary N) is 1. The number of hydrogen-bond donors (Lipinski definition) is 1. The molecular formula is C19H27N3O3. The number of amides is 1. The van der Waals surface area contributed by atoms with Crippen molar-refractivity contribution in [1.29, 1.82) is 0 Å². The van der Waals surface area contributed by atoms with E-state index in [1.807, 2.05) is 22.8 Å². The second-order valence-corrected chi connectivity index (χ2v) is 5.98. The molecule has 136 valence electrons. The third-order valence-electron chi connectivity index (χ3n) is 4.22. The lowest BCUT2D eigenvalue weighted by Gasteiger charge is -2.15. The van der Waals surface area contributed by atoms with Crippen LogP contribution < -0.4 is 10.1 Å². The molecule has 1 amide bonds. The van der Waals surface area contributed by atoms with Gasteiger partial charge in [-0.1, -0.05) is 32.0 Å². The van der Waals surface area contributed by atoms with Crippen molar-refractivity contribution < 1.29 is 14.3 Å². The van der Waals surface area contributed by atoms with Gasteiger partial charge < -0.3 is 19.4 Å². The van der Waals surface area contributed by atoms with Gasteiger partial charge in [-0.25, -0.2) is 4.98 Å². The van der Waals surface area contributed by atoms with Gasteiger partial charge in [-0.2, -0.15) is 0 Å². The summed E-state index contributed by atoms with van der Waals surface area (Å²) in [6.07, 6.45) is 4.51. The van der Waals surface area contributed by atoms with E-state index >= 15 is 0 Å². The average Bonchev–Trinajstić information content (AvgIpc) is 3.09. The van der Waals surface area contributed by atoms with Crippen LogP contribution in [0.4, 0.5) is 0 Å². The van der Waals surface area contributed by atoms with Gasteiger partial charge in [-0.15, -0.1) is 0 Å². The summed E-state index contributed by atoms with van der Waals surface area (Å²) in [7, 11) is 1.66. The molecule has 6 nitrogen and oxygen atoms in total. The van der Waals surface area contributed by atoms with Crippen molar-refractivity contribution in [2.75, 3.05) is 20.3 Å². The average molecular weight is 345 g/mol. The molecule has 1 N–H and O–H groups in total. The van der Waals surface area contributed by atoms with Crippen molar-refractivity contribution in [3.8, 4) is 5.75 Å². The minimum atomic E-state index is -0.154. The summed E-state index contributed by atoms with van der Waals surface area (Å²) in [5, 5.41) is 2.87. The van der Waals surface area contributed by atoms with Crippen LogP contribution in [-0.2, 0) is 22.6 Å². The fourth-order valence-electron chi connectivity index (χ4n) is 2.51. The van der Waals surface area contributed by atoms with Crippen molar-refractivity contribution in [3.05, 3.63) is 48.0 Å². The van der Waals surface area contributed by atoms with Crippen molar-refractivity contribution in [3.63, 3.8) is 0 Å². The second kappa shape index (κ2) is 9.84. The lowest BCUT2D eigenvalue weighted by Crippen LogP contribution is -2.29. The number of rotatable bonds is 10. The monoisotopic (exact) mass is 345 g/mol. The van der Waals surface area contributed by atoms with Crippen LogP contribution in [0.15, 0.2) is 36.8 Å². The van der Waals surface area contributed by atoms with E-state index in [0.717, 1.165) is 23.4 Å². The number of para-hydroxylation sites is 1. The highest BCUT2D eigenvalue weighted by Gasteiger charge is 2.11. The Balaban J connectivity index is 1.85. The van der Waals surface area contributed by atoms with Gasteiger partial charge in [0.2, 0.25) is 0 Å². The molecule has 0 aliphatic carbocycles. The summed E-state index contributed by atoms with van der Waals surface area (Å²) >= 11 is 0. The van der Waals surface area contributed by atoms with Gasteiger partial charge in [-0.3, -0.25) is 4.79 Å². The molecule has 0 radical (unpaired) electrons. The maximum Gasteiger partial charge on any atom is 0.258 e. The van der Waals surface area contributed by atoms with Crippen LogP contribution in [-0.4, -0.2) is 35.8 Å². The van der Waals surface area contributed by atoms with Crippen LogP contribution >= 0.6 is 0 Å². The smallest absolute Gasteiger partial charge is 0.258 e. The van der Waals surface area contributed by atoms with Gasteiger partial charge in [0.05, 0.1) is 25.2 Å². The van der Waals surface area contributed by atoms with E-state index in [1.165, 1.54) is 0 Å². The summed E-state index contributed by atoms with van der Waals surface area (Å²) in [5.74, 6) is 1.02. The van der Waals surface area contributed by atoms with Crippen LogP contribution in [0, 0.1) is 0 Å². The van der Waals surface area contributed by atoms with Crippen LogP contribution in [0.1, 0.15) is 37.4 Å². The molecule has 2 rings (SSSR count). The first-order valence-corrected chi connectivity index (χ1v) is 8.62. The molecule has 0 saturated carbocycles. The summed E-state index contributed by atoms with van der Waals surface area (Å²) in [6.45, 7) is 6.02. The summed E-state index contributed by atoms with van der Waals surface area (Å²) in [4.78, 5) is 16.2. The number of methoxy groups -OCH3 is 1. The van der Waals surface area contributed by atoms with E-state index in [-0.39, 0.29) is 12.5 Å². The summed E-state index contributed by atoms with van der Waals surface area (Å²) in [5.41, 5.74) is 2.07. The van der Waals surface area contributed by atoms with E-state index < -0.39 is 0 Å². The van der Waals surface area contributed by atoms with Gasteiger partial charge >= 0.3 is 0 Å². The fourth-order valence-corrected chi connectivity index (χ4v) is 2.51. The standard InChI is InChI=1S/C19H27N3O3/c1-4-15(2)17-7-5-6-8-18(17)25-13-19(23)21-12-16-11-20-14-22(16)9-10-24-3/h5-8,11,14-15H,4,9-10,12-13H2,1-3H3,(H,21,23)/t15-/m1/s1. The Morgan fingerprint density at radius 3 is 2.92 bits per heavy atom. The highest BCUT2D eigenvalue weighted by molar-refractivity contribution is 5.77. The van der Waals surface area contributed by atoms with Crippen molar-refractivity contribution in [2.45, 2.75) is 39.3 Å². The molecule has 1 aromatic heterocycles. The largest absolute Gasteiger partial charge is 0.483 e. The third kappa shape index (κ3) is 5.60. The Morgan fingerprint density at radius 2 is 2.16 bits per heavy atom. The van der Waals surface area contributed by atoms with Crippen LogP contribution in [0.25, 0.3) is 0 Å². The molecule has 0 bridgehead atoms. The lowest BCUT2D eigenvalue weighted by molar-refractivity contribution is -0.123. The minimum absolute atomic E-state index is 0.000341. The van der Waals surface area contributed by atoms with Gasteiger partial charge in [0, 0.05) is 19.9 Å². The molecular weight excluding hydrogens is 318 g/mol. The van der Waals surface area contributed by atoms with E-state index in [1.54, 1.807) is 19.6 Å². The Labute approximate surface area is 149 Å². The molecule has 0 aliphatic heterocycles. The van der Waals surface area contributed by atoms with E-state index in [4.69, 9.17) is 9.47 Å². The Morgan fingerprint density at radius 1 is 1.36 bits per heavy atom. The SMILES string of the molecule is CC[C@@H](C)c1ccccc1OCC(=O)NCc1cncn1CCOC. The number of imidazole rings is 1. The Kier molecular flexibility index (Phi) is 7.47. The normalized spacial score (nSPS) is 12.0. The fraction of sp³-hybridized carbons (Fsp3) is 0.474. The van der Waals surface area contributed by atoms with Crippen molar-refractivity contribution in [2.24, 2.45) is 0 Å². The molecule has 2 aromatic rings. The van der Waals surface area contributed by atoms with Crippen LogP contribution in [0.2, 0.25) is 0 Å². The Bertz CT molecular complexity index is 669. The molecule has 6 heteroatoms. The highest BCUT2D eigenvalue weighted by Crippen LogP contribution is 2.28. The first-order valence-electron chi connectivity index (χ1n) is 8.62. The quantitative estimate of drug-likeness (QED) is 0.719. The predicted molar refractivity (Wildman–Crippen MR) is 96.6 cm³/mol. The van der Waals surface area contributed by atoms with Gasteiger partial charge in [0.1, 0.15) is 5.75 Å². The number of nitrogens with zero attached hydrogens (tertiary/aromatic N) is 2. The van der Waals surface area contributed by atoms with E-state index in [9.17, 15) is 4.79 Å². The molecule has 1 atom stereocenters. The third-order valence-corrected chi connectivity index (χ3v) is 4.22. The summed E-state index contributed by atoms with van der Waals surface area (Å²) < 4.78 is 12.8. The number of carbonyl (C=O) groups excluding carboxylic acids is 1.